The van der Waals surface area contributed by atoms with Crippen LogP contribution in [0.2, 0.25) is 0 Å². The predicted octanol–water partition coefficient (Wildman–Crippen LogP) is 30.0. The highest BCUT2D eigenvalue weighted by Gasteiger charge is 2.17. The molecule has 5 fully saturated rings. The van der Waals surface area contributed by atoms with Gasteiger partial charge in [-0.15, -0.1) is 0 Å². The Kier molecular flexibility index (Phi) is 56.8. The van der Waals surface area contributed by atoms with Gasteiger partial charge < -0.3 is 9.47 Å². The van der Waals surface area contributed by atoms with Crippen LogP contribution < -0.4 is 0 Å². The van der Waals surface area contributed by atoms with E-state index in [0.29, 0.717) is 28.2 Å². The number of rotatable bonds is 0. The molecule has 105 heavy (non-hydrogen) atoms. The van der Waals surface area contributed by atoms with Gasteiger partial charge in [0.1, 0.15) is 40.7 Å². The van der Waals surface area contributed by atoms with E-state index in [9.17, 15) is 26.3 Å². The zero-order valence-electron chi connectivity index (χ0n) is 68.4. The van der Waals surface area contributed by atoms with Crippen LogP contribution in [0.4, 0.5) is 31.0 Å². The quantitative estimate of drug-likeness (QED) is 0.142. The summed E-state index contributed by atoms with van der Waals surface area (Å²) in [4.78, 5) is 7.94. The summed E-state index contributed by atoms with van der Waals surface area (Å²) >= 11 is 0. The third-order valence-electron chi connectivity index (χ3n) is 19.3. The first-order chi connectivity index (χ1) is 47.9. The van der Waals surface area contributed by atoms with Crippen LogP contribution in [0.15, 0.2) is 122 Å². The minimum Gasteiger partial charge on any atom is -0.353 e. The van der Waals surface area contributed by atoms with Gasteiger partial charge in [-0.3, -0.25) is 4.70 Å². The third kappa shape index (κ3) is 51.7. The van der Waals surface area contributed by atoms with E-state index in [1.165, 1.54) is 175 Å². The fourth-order valence-electron chi connectivity index (χ4n) is 11.1. The Hall–Kier alpha value is -6.17. The lowest BCUT2D eigenvalue weighted by molar-refractivity contribution is -0.187. The first-order valence-electron chi connectivity index (χ1n) is 38.3. The lowest BCUT2D eigenvalue weighted by Gasteiger charge is -2.24. The maximum Gasteiger partial charge on any atom is 0.154 e. The van der Waals surface area contributed by atoms with E-state index < -0.39 is 23.3 Å². The van der Waals surface area contributed by atoms with Gasteiger partial charge in [0.25, 0.3) is 0 Å². The zero-order valence-corrected chi connectivity index (χ0v) is 68.4. The van der Waals surface area contributed by atoms with Crippen molar-refractivity contribution in [3.63, 3.8) is 0 Å². The molecule has 1 saturated heterocycles. The SMILES string of the molecule is C.C.CC1CCC(C)CC1.CC1CCC(C)CC1.CC1CCC(C)CC1.CC1CCC(C)CC1.CC1COC(C)OC1.Cc1cc(F)c(C)c(F)c1.Cc1cc(F)c(C)c(F)c1.Cc1ccc(C)c(F)c1.Cc1ccc(C)c(F)c1.Cc1ccc(C)cc1.Cc1ccc(C)cc1.Cc1cnc(C)nc1.F.[HH].[HH]. The van der Waals surface area contributed by atoms with Gasteiger partial charge in [0.05, 0.1) is 13.2 Å². The number of benzene rings is 6. The number of aromatic nitrogens is 2. The Balaban J connectivity index is -0.000000352. The van der Waals surface area contributed by atoms with Crippen LogP contribution >= 0.6 is 0 Å². The summed E-state index contributed by atoms with van der Waals surface area (Å²) in [6.45, 7) is 50.3. The number of nitrogens with zero attached hydrogens (tertiary/aromatic N) is 2. The summed E-state index contributed by atoms with van der Waals surface area (Å²) in [7, 11) is 0. The molecule has 2 heterocycles. The molecule has 1 aliphatic heterocycles. The Morgan fingerprint density at radius 3 is 0.629 bits per heavy atom. The monoisotopic (exact) mass is 1470 g/mol. The Morgan fingerprint density at radius 1 is 0.267 bits per heavy atom. The lowest BCUT2D eigenvalue weighted by atomic mass is 9.84. The molecule has 0 spiro atoms. The molecule has 1 aromatic heterocycles. The summed E-state index contributed by atoms with van der Waals surface area (Å²) < 4.78 is 85.9. The highest BCUT2D eigenvalue weighted by atomic mass is 19.2. The van der Waals surface area contributed by atoms with Gasteiger partial charge in [0.15, 0.2) is 6.29 Å². The van der Waals surface area contributed by atoms with Crippen LogP contribution in [-0.2, 0) is 9.47 Å². The van der Waals surface area contributed by atoms with Crippen LogP contribution in [0, 0.1) is 185 Å². The molecule has 4 saturated carbocycles. The van der Waals surface area contributed by atoms with Gasteiger partial charge in [0, 0.05) is 32.3 Å². The van der Waals surface area contributed by atoms with Gasteiger partial charge in [0.2, 0.25) is 0 Å². The van der Waals surface area contributed by atoms with Crippen molar-refractivity contribution in [3.8, 4) is 0 Å². The van der Waals surface area contributed by atoms with Crippen LogP contribution in [0.1, 0.15) is 268 Å². The second-order valence-corrected chi connectivity index (χ2v) is 31.1. The van der Waals surface area contributed by atoms with Crippen molar-refractivity contribution < 1.29 is 43.4 Å². The van der Waals surface area contributed by atoms with Gasteiger partial charge >= 0.3 is 0 Å². The first-order valence-corrected chi connectivity index (χ1v) is 38.3. The van der Waals surface area contributed by atoms with E-state index in [1.807, 2.05) is 59.1 Å². The third-order valence-corrected chi connectivity index (χ3v) is 19.3. The molecule has 0 bridgehead atoms. The maximum atomic E-state index is 12.6. The molecule has 0 unspecified atom stereocenters. The molecular formula is C94H151F7N2O2. The highest BCUT2D eigenvalue weighted by Crippen LogP contribution is 2.30. The van der Waals surface area contributed by atoms with E-state index >= 15 is 0 Å². The molecule has 4 nitrogen and oxygen atoms in total. The summed E-state index contributed by atoms with van der Waals surface area (Å²) in [5.41, 5.74) is 11.2. The zero-order chi connectivity index (χ0) is 77.0. The normalized spacial score (nSPS) is 20.8. The molecule has 0 amide bonds. The average molecular weight is 1470 g/mol. The predicted molar refractivity (Wildman–Crippen MR) is 445 cm³/mol. The number of hydrogen-bond donors (Lipinski definition) is 0. The Morgan fingerprint density at radius 2 is 0.457 bits per heavy atom. The molecule has 4 aliphatic carbocycles. The molecule has 12 rings (SSSR count). The van der Waals surface area contributed by atoms with Crippen molar-refractivity contribution in [2.45, 2.75) is 290 Å². The number of aryl methyl sites for hydroxylation is 12. The van der Waals surface area contributed by atoms with Crippen LogP contribution in [0.25, 0.3) is 0 Å². The van der Waals surface area contributed by atoms with Gasteiger partial charge in [-0.1, -0.05) is 275 Å². The van der Waals surface area contributed by atoms with E-state index in [2.05, 4.69) is 149 Å². The summed E-state index contributed by atoms with van der Waals surface area (Å²) in [6.07, 6.45) is 27.2. The minimum absolute atomic E-state index is 0. The molecule has 6 aromatic carbocycles. The maximum absolute atomic E-state index is 12.6. The smallest absolute Gasteiger partial charge is 0.154 e. The van der Waals surface area contributed by atoms with Crippen molar-refractivity contribution in [2.75, 3.05) is 13.2 Å². The number of hydrogen-bond acceptors (Lipinski definition) is 4. The van der Waals surface area contributed by atoms with E-state index in [4.69, 9.17) is 9.47 Å². The van der Waals surface area contributed by atoms with Gasteiger partial charge in [-0.25, -0.2) is 36.3 Å². The average Bonchev–Trinajstić information content (AvgIpc) is 0.872. The molecule has 598 valence electrons. The molecule has 0 atom stereocenters. The minimum atomic E-state index is -0.475. The van der Waals surface area contributed by atoms with E-state index in [-0.39, 0.29) is 51.5 Å². The fourth-order valence-corrected chi connectivity index (χ4v) is 11.1. The molecule has 0 radical (unpaired) electrons. The van der Waals surface area contributed by atoms with E-state index in [1.54, 1.807) is 39.8 Å². The molecule has 0 N–H and O–H groups in total. The molecular weight excluding hydrogens is 1320 g/mol. The second-order valence-electron chi connectivity index (χ2n) is 31.1. The standard InChI is InChI=1S/2C8H8F2.2C8H9F.4C8H16.2C8H10.C6H8N2.C6H12O2.2CH4.FH.2H2/c2*1-5-3-7(9)6(2)8(10)4-5;2*1-6-3-4-7(2)8(9)5-6;6*1-7-3-5-8(2)6-4-7;2*1-5-3-7-6(2)8-4-5;;;;;/h2*3-4H,1-2H3;2*3-5H,1-2H3;4*7-8H,3-6H2,1-2H3;2*3-6H,1-2H3;3-4H,1-2H3;5-6H,3-4H2,1-2H3;2*1H4;3*1H. The number of ether oxygens (including phenoxy) is 2. The van der Waals surface area contributed by atoms with Crippen LogP contribution in [-0.4, -0.2) is 29.5 Å². The highest BCUT2D eigenvalue weighted by molar-refractivity contribution is 5.26. The molecule has 5 aliphatic rings. The second kappa shape index (κ2) is 57.9. The van der Waals surface area contributed by atoms with Crippen molar-refractivity contribution in [3.05, 3.63) is 235 Å². The van der Waals surface area contributed by atoms with Crippen molar-refractivity contribution >= 4 is 0 Å². The summed E-state index contributed by atoms with van der Waals surface area (Å²) in [5.74, 6) is 7.43. The van der Waals surface area contributed by atoms with Gasteiger partial charge in [-0.2, -0.15) is 0 Å². The van der Waals surface area contributed by atoms with Crippen LogP contribution in [0.5, 0.6) is 0 Å². The largest absolute Gasteiger partial charge is 0.353 e. The molecule has 11 heteroatoms. The Bertz CT molecular complexity index is 2810. The van der Waals surface area contributed by atoms with E-state index in [0.717, 1.165) is 83.1 Å². The molecule has 7 aromatic rings. The van der Waals surface area contributed by atoms with Crippen LogP contribution in [0.3, 0.4) is 0 Å². The topological polar surface area (TPSA) is 44.2 Å². The Labute approximate surface area is 641 Å². The van der Waals surface area contributed by atoms with Crippen molar-refractivity contribution in [1.29, 1.82) is 0 Å². The lowest BCUT2D eigenvalue weighted by Crippen LogP contribution is -2.27. The summed E-state index contributed by atoms with van der Waals surface area (Å²) in [5, 5.41) is 0. The van der Waals surface area contributed by atoms with Gasteiger partial charge in [-0.05, 0) is 227 Å². The van der Waals surface area contributed by atoms with Crippen molar-refractivity contribution in [1.82, 2.24) is 9.97 Å². The first kappa shape index (κ1) is 103. The van der Waals surface area contributed by atoms with Crippen molar-refractivity contribution in [2.24, 2.45) is 53.3 Å². The number of halogens is 7. The summed E-state index contributed by atoms with van der Waals surface area (Å²) in [6, 6.07) is 32.7. The fraction of sp³-hybridized carbons (Fsp3) is 0.574.